The molecule has 1 aromatic carbocycles. The van der Waals surface area contributed by atoms with Crippen LogP contribution in [-0.2, 0) is 0 Å². The molecule has 0 saturated carbocycles. The summed E-state index contributed by atoms with van der Waals surface area (Å²) < 4.78 is 47.7. The lowest BCUT2D eigenvalue weighted by Gasteiger charge is -2.11. The molecule has 0 aliphatic heterocycles. The van der Waals surface area contributed by atoms with E-state index in [0.717, 1.165) is 0 Å². The first-order valence-electron chi connectivity index (χ1n) is 7.93. The average Bonchev–Trinajstić information content (AvgIpc) is 2.66. The number of H-pyrrole nitrogens is 1. The van der Waals surface area contributed by atoms with Crippen molar-refractivity contribution in [1.29, 1.82) is 0 Å². The predicted octanol–water partition coefficient (Wildman–Crippen LogP) is 3.91. The Morgan fingerprint density at radius 2 is 1.89 bits per heavy atom. The standard InChI is InChI=1S/C18H14F3N3O3S/c1-26-15-8-11(6-7-22-15)14-9-16(25)24(17(28)23-14)12-2-4-13(5-3-12)27-10-18(19,20)21/h2-9H,10H2,1H3,(H,23,28). The van der Waals surface area contributed by atoms with Crippen molar-refractivity contribution in [2.24, 2.45) is 0 Å². The minimum atomic E-state index is -4.43. The van der Waals surface area contributed by atoms with Crippen molar-refractivity contribution < 1.29 is 22.6 Å². The zero-order chi connectivity index (χ0) is 20.3. The van der Waals surface area contributed by atoms with Crippen molar-refractivity contribution in [2.45, 2.75) is 6.18 Å². The van der Waals surface area contributed by atoms with Crippen LogP contribution in [0.1, 0.15) is 0 Å². The first kappa shape index (κ1) is 19.6. The molecule has 0 spiro atoms. The number of pyridine rings is 1. The molecule has 0 amide bonds. The van der Waals surface area contributed by atoms with Crippen LogP contribution in [0.25, 0.3) is 16.9 Å². The van der Waals surface area contributed by atoms with E-state index < -0.39 is 18.3 Å². The molecule has 0 atom stereocenters. The van der Waals surface area contributed by atoms with Crippen LogP contribution in [0.2, 0.25) is 0 Å². The van der Waals surface area contributed by atoms with Crippen LogP contribution in [0.5, 0.6) is 11.6 Å². The zero-order valence-electron chi connectivity index (χ0n) is 14.5. The van der Waals surface area contributed by atoms with Crippen molar-refractivity contribution in [3.63, 3.8) is 0 Å². The number of methoxy groups -OCH3 is 1. The quantitative estimate of drug-likeness (QED) is 0.647. The monoisotopic (exact) mass is 409 g/mol. The molecule has 2 aromatic heterocycles. The summed E-state index contributed by atoms with van der Waals surface area (Å²) in [6.07, 6.45) is -2.89. The van der Waals surface area contributed by atoms with Crippen LogP contribution < -0.4 is 15.0 Å². The van der Waals surface area contributed by atoms with Crippen molar-refractivity contribution >= 4 is 12.2 Å². The topological polar surface area (TPSA) is 69.1 Å². The molecule has 146 valence electrons. The number of hydrogen-bond acceptors (Lipinski definition) is 5. The van der Waals surface area contributed by atoms with E-state index in [9.17, 15) is 18.0 Å². The lowest BCUT2D eigenvalue weighted by Crippen LogP contribution is -2.20. The highest BCUT2D eigenvalue weighted by Gasteiger charge is 2.28. The fourth-order valence-electron chi connectivity index (χ4n) is 2.44. The largest absolute Gasteiger partial charge is 0.484 e. The fourth-order valence-corrected chi connectivity index (χ4v) is 2.75. The third-order valence-electron chi connectivity index (χ3n) is 3.69. The Hall–Kier alpha value is -3.14. The first-order valence-corrected chi connectivity index (χ1v) is 8.34. The Morgan fingerprint density at radius 1 is 1.18 bits per heavy atom. The molecule has 6 nitrogen and oxygen atoms in total. The van der Waals surface area contributed by atoms with Gasteiger partial charge in [-0.1, -0.05) is 0 Å². The van der Waals surface area contributed by atoms with Gasteiger partial charge < -0.3 is 14.5 Å². The third kappa shape index (κ3) is 4.58. The number of aromatic nitrogens is 3. The summed E-state index contributed by atoms with van der Waals surface area (Å²) in [7, 11) is 1.48. The molecule has 0 bridgehead atoms. The van der Waals surface area contributed by atoms with E-state index in [1.54, 1.807) is 12.1 Å². The maximum Gasteiger partial charge on any atom is 0.422 e. The number of halogens is 3. The van der Waals surface area contributed by atoms with Gasteiger partial charge in [-0.2, -0.15) is 13.2 Å². The maximum absolute atomic E-state index is 12.6. The highest BCUT2D eigenvalue weighted by molar-refractivity contribution is 7.71. The number of benzene rings is 1. The molecule has 28 heavy (non-hydrogen) atoms. The van der Waals surface area contributed by atoms with Gasteiger partial charge in [-0.15, -0.1) is 0 Å². The number of alkyl halides is 3. The van der Waals surface area contributed by atoms with E-state index in [0.29, 0.717) is 22.8 Å². The Labute approximate surface area is 162 Å². The van der Waals surface area contributed by atoms with Gasteiger partial charge in [-0.05, 0) is 42.5 Å². The van der Waals surface area contributed by atoms with Gasteiger partial charge in [0.25, 0.3) is 5.56 Å². The molecule has 2 heterocycles. The highest BCUT2D eigenvalue weighted by atomic mass is 32.1. The molecular weight excluding hydrogens is 395 g/mol. The van der Waals surface area contributed by atoms with Gasteiger partial charge in [0.1, 0.15) is 5.75 Å². The van der Waals surface area contributed by atoms with Gasteiger partial charge >= 0.3 is 6.18 Å². The second-order valence-electron chi connectivity index (χ2n) is 5.65. The Kier molecular flexibility index (Phi) is 5.50. The van der Waals surface area contributed by atoms with E-state index in [4.69, 9.17) is 17.0 Å². The maximum atomic E-state index is 12.6. The molecule has 0 aliphatic rings. The van der Waals surface area contributed by atoms with Crippen LogP contribution in [0.15, 0.2) is 53.5 Å². The van der Waals surface area contributed by atoms with Crippen molar-refractivity contribution in [3.05, 3.63) is 63.8 Å². The van der Waals surface area contributed by atoms with Crippen molar-refractivity contribution in [3.8, 4) is 28.6 Å². The van der Waals surface area contributed by atoms with Crippen LogP contribution in [0.3, 0.4) is 0 Å². The van der Waals surface area contributed by atoms with Crippen molar-refractivity contribution in [1.82, 2.24) is 14.5 Å². The Bertz CT molecular complexity index is 1060. The summed E-state index contributed by atoms with van der Waals surface area (Å²) >= 11 is 5.28. The molecule has 0 radical (unpaired) electrons. The number of nitrogens with zero attached hydrogens (tertiary/aromatic N) is 2. The lowest BCUT2D eigenvalue weighted by molar-refractivity contribution is -0.153. The number of ether oxygens (including phenoxy) is 2. The molecule has 0 unspecified atom stereocenters. The number of hydrogen-bond donors (Lipinski definition) is 1. The smallest absolute Gasteiger partial charge is 0.422 e. The molecule has 0 saturated heterocycles. The Balaban J connectivity index is 1.91. The summed E-state index contributed by atoms with van der Waals surface area (Å²) in [6, 6.07) is 10.3. The molecule has 1 N–H and O–H groups in total. The van der Waals surface area contributed by atoms with Gasteiger partial charge in [-0.25, -0.2) is 4.98 Å². The molecule has 3 rings (SSSR count). The molecule has 0 aliphatic carbocycles. The summed E-state index contributed by atoms with van der Waals surface area (Å²) in [4.78, 5) is 19.5. The SMILES string of the molecule is COc1cc(-c2cc(=O)n(-c3ccc(OCC(F)(F)F)cc3)c(=S)[nH]2)ccn1. The van der Waals surface area contributed by atoms with Gasteiger partial charge in [0.05, 0.1) is 18.5 Å². The first-order chi connectivity index (χ1) is 13.3. The van der Waals surface area contributed by atoms with Gasteiger partial charge in [0, 0.05) is 23.9 Å². The van der Waals surface area contributed by atoms with E-state index in [-0.39, 0.29) is 10.5 Å². The molecular formula is C18H14F3N3O3S. The minimum Gasteiger partial charge on any atom is -0.484 e. The van der Waals surface area contributed by atoms with Gasteiger partial charge in [-0.3, -0.25) is 9.36 Å². The third-order valence-corrected chi connectivity index (χ3v) is 3.97. The van der Waals surface area contributed by atoms with Crippen LogP contribution in [-0.4, -0.2) is 34.4 Å². The molecule has 10 heteroatoms. The normalized spacial score (nSPS) is 11.3. The summed E-state index contributed by atoms with van der Waals surface area (Å²) in [5.74, 6) is 0.417. The van der Waals surface area contributed by atoms with E-state index >= 15 is 0 Å². The van der Waals surface area contributed by atoms with Crippen LogP contribution in [0, 0.1) is 4.77 Å². The second-order valence-corrected chi connectivity index (χ2v) is 6.03. The van der Waals surface area contributed by atoms with Gasteiger partial charge in [0.15, 0.2) is 11.4 Å². The minimum absolute atomic E-state index is 0.0320. The summed E-state index contributed by atoms with van der Waals surface area (Å²) in [5, 5.41) is 0. The molecule has 0 fully saturated rings. The molecule has 3 aromatic rings. The van der Waals surface area contributed by atoms with E-state index in [1.807, 2.05) is 0 Å². The number of rotatable bonds is 5. The zero-order valence-corrected chi connectivity index (χ0v) is 15.3. The second kappa shape index (κ2) is 7.85. The summed E-state index contributed by atoms with van der Waals surface area (Å²) in [6.45, 7) is -1.39. The highest BCUT2D eigenvalue weighted by Crippen LogP contribution is 2.21. The van der Waals surface area contributed by atoms with Crippen LogP contribution >= 0.6 is 12.2 Å². The number of nitrogens with one attached hydrogen (secondary N) is 1. The average molecular weight is 409 g/mol. The number of aromatic amines is 1. The lowest BCUT2D eigenvalue weighted by atomic mass is 10.2. The van der Waals surface area contributed by atoms with Crippen LogP contribution in [0.4, 0.5) is 13.2 Å². The van der Waals surface area contributed by atoms with E-state index in [2.05, 4.69) is 14.7 Å². The fraction of sp³-hybridized carbons (Fsp3) is 0.167. The predicted molar refractivity (Wildman–Crippen MR) is 98.6 cm³/mol. The summed E-state index contributed by atoms with van der Waals surface area (Å²) in [5.41, 5.74) is 1.14. The van der Waals surface area contributed by atoms with E-state index in [1.165, 1.54) is 48.2 Å². The van der Waals surface area contributed by atoms with Gasteiger partial charge in [0.2, 0.25) is 5.88 Å². The Morgan fingerprint density at radius 3 is 2.50 bits per heavy atom. The van der Waals surface area contributed by atoms with Crippen molar-refractivity contribution in [2.75, 3.05) is 13.7 Å².